The number of hydrogen-bond acceptors (Lipinski definition) is 6. The third-order valence-corrected chi connectivity index (χ3v) is 6.00. The fraction of sp³-hybridized carbons (Fsp3) is 0.250. The number of hydrogen-bond donors (Lipinski definition) is 1. The molecule has 0 radical (unpaired) electrons. The third-order valence-electron chi connectivity index (χ3n) is 4.81. The van der Waals surface area contributed by atoms with Gasteiger partial charge in [-0.05, 0) is 25.1 Å². The molecule has 8 heteroatoms. The van der Waals surface area contributed by atoms with Gasteiger partial charge in [0.05, 0.1) is 12.8 Å². The highest BCUT2D eigenvalue weighted by molar-refractivity contribution is 8.00. The summed E-state index contributed by atoms with van der Waals surface area (Å²) in [5, 5.41) is 10.3. The van der Waals surface area contributed by atoms with Crippen LogP contribution in [0.15, 0.2) is 58.4 Å². The lowest BCUT2D eigenvalue weighted by atomic mass is 10.1. The molecular formula is C20H18N4O3S. The van der Waals surface area contributed by atoms with E-state index in [0.29, 0.717) is 18.1 Å². The van der Waals surface area contributed by atoms with E-state index in [1.54, 1.807) is 6.26 Å². The van der Waals surface area contributed by atoms with E-state index in [1.165, 1.54) is 11.8 Å². The number of esters is 1. The van der Waals surface area contributed by atoms with Crippen molar-refractivity contribution in [2.45, 2.75) is 36.4 Å². The van der Waals surface area contributed by atoms with Gasteiger partial charge < -0.3 is 14.1 Å². The summed E-state index contributed by atoms with van der Waals surface area (Å²) >= 11 is 1.40. The van der Waals surface area contributed by atoms with Crippen molar-refractivity contribution in [3.05, 3.63) is 54.6 Å². The van der Waals surface area contributed by atoms with Gasteiger partial charge >= 0.3 is 5.97 Å². The van der Waals surface area contributed by atoms with Crippen molar-refractivity contribution in [2.75, 3.05) is 0 Å². The number of ether oxygens (including phenoxy) is 1. The number of para-hydroxylation sites is 1. The molecule has 0 amide bonds. The summed E-state index contributed by atoms with van der Waals surface area (Å²) in [7, 11) is 0. The Bertz CT molecular complexity index is 1130. The zero-order valence-electron chi connectivity index (χ0n) is 15.2. The number of cyclic esters (lactones) is 1. The van der Waals surface area contributed by atoms with Gasteiger partial charge in [0.1, 0.15) is 17.1 Å². The molecule has 0 unspecified atom stereocenters. The molecule has 0 aliphatic carbocycles. The first kappa shape index (κ1) is 17.1. The van der Waals surface area contributed by atoms with Crippen molar-refractivity contribution < 1.29 is 13.9 Å². The van der Waals surface area contributed by atoms with Gasteiger partial charge in [-0.1, -0.05) is 30.0 Å². The smallest absolute Gasteiger partial charge is 0.319 e. The normalized spacial score (nSPS) is 19.4. The van der Waals surface area contributed by atoms with Gasteiger partial charge in [0.25, 0.3) is 0 Å². The SMILES string of the molecule is C[C@@H]1C[C@@H](Sc2nnc(-c3c[nH]c4ccccc34)n2Cc2ccco2)C(=O)O1. The van der Waals surface area contributed by atoms with Crippen LogP contribution in [0.25, 0.3) is 22.3 Å². The summed E-state index contributed by atoms with van der Waals surface area (Å²) in [5.74, 6) is 1.33. The zero-order chi connectivity index (χ0) is 19.1. The Morgan fingerprint density at radius 1 is 1.25 bits per heavy atom. The minimum absolute atomic E-state index is 0.0699. The highest BCUT2D eigenvalue weighted by atomic mass is 32.2. The maximum atomic E-state index is 12.1. The molecule has 1 aliphatic rings. The Morgan fingerprint density at radius 3 is 2.93 bits per heavy atom. The highest BCUT2D eigenvalue weighted by Gasteiger charge is 2.34. The van der Waals surface area contributed by atoms with Crippen molar-refractivity contribution in [1.82, 2.24) is 19.7 Å². The van der Waals surface area contributed by atoms with Crippen LogP contribution in [0.2, 0.25) is 0 Å². The van der Waals surface area contributed by atoms with Crippen LogP contribution >= 0.6 is 11.8 Å². The van der Waals surface area contributed by atoms with E-state index in [9.17, 15) is 4.79 Å². The Morgan fingerprint density at radius 2 is 2.14 bits per heavy atom. The number of aromatic nitrogens is 4. The molecule has 0 saturated carbocycles. The largest absolute Gasteiger partial charge is 0.467 e. The van der Waals surface area contributed by atoms with Gasteiger partial charge in [-0.3, -0.25) is 9.36 Å². The van der Waals surface area contributed by atoms with Gasteiger partial charge in [0.15, 0.2) is 11.0 Å². The van der Waals surface area contributed by atoms with Gasteiger partial charge in [0.2, 0.25) is 0 Å². The number of nitrogens with zero attached hydrogens (tertiary/aromatic N) is 3. The van der Waals surface area contributed by atoms with E-state index in [2.05, 4.69) is 21.2 Å². The summed E-state index contributed by atoms with van der Waals surface area (Å²) < 4.78 is 12.8. The summed E-state index contributed by atoms with van der Waals surface area (Å²) in [6.07, 6.45) is 4.18. The van der Waals surface area contributed by atoms with Crippen LogP contribution in [0.5, 0.6) is 0 Å². The van der Waals surface area contributed by atoms with Crippen LogP contribution in [-0.4, -0.2) is 37.1 Å². The Hall–Kier alpha value is -3.00. The number of thioether (sulfide) groups is 1. The second-order valence-corrected chi connectivity index (χ2v) is 7.98. The Labute approximate surface area is 165 Å². The molecule has 1 fully saturated rings. The number of carbonyl (C=O) groups excluding carboxylic acids is 1. The predicted molar refractivity (Wildman–Crippen MR) is 105 cm³/mol. The van der Waals surface area contributed by atoms with Gasteiger partial charge in [0, 0.05) is 29.1 Å². The molecule has 1 aromatic carbocycles. The fourth-order valence-corrected chi connectivity index (χ4v) is 4.62. The van der Waals surface area contributed by atoms with Crippen LogP contribution in [0.4, 0.5) is 0 Å². The molecule has 5 rings (SSSR count). The van der Waals surface area contributed by atoms with Gasteiger partial charge in [-0.15, -0.1) is 10.2 Å². The predicted octanol–water partition coefficient (Wildman–Crippen LogP) is 3.86. The number of benzene rings is 1. The molecule has 2 atom stereocenters. The molecule has 4 aromatic rings. The van der Waals surface area contributed by atoms with Gasteiger partial charge in [-0.25, -0.2) is 0 Å². The van der Waals surface area contributed by atoms with Crippen LogP contribution in [0, 0.1) is 0 Å². The number of furan rings is 1. The van der Waals surface area contributed by atoms with Crippen molar-refractivity contribution in [2.24, 2.45) is 0 Å². The minimum atomic E-state index is -0.273. The monoisotopic (exact) mass is 394 g/mol. The molecule has 1 saturated heterocycles. The maximum Gasteiger partial charge on any atom is 0.319 e. The van der Waals surface area contributed by atoms with Gasteiger partial charge in [-0.2, -0.15) is 0 Å². The number of nitrogens with one attached hydrogen (secondary N) is 1. The molecule has 0 spiro atoms. The molecule has 4 heterocycles. The van der Waals surface area contributed by atoms with Crippen molar-refractivity contribution in [3.63, 3.8) is 0 Å². The van der Waals surface area contributed by atoms with Crippen LogP contribution < -0.4 is 0 Å². The molecule has 28 heavy (non-hydrogen) atoms. The fourth-order valence-electron chi connectivity index (χ4n) is 3.48. The van der Waals surface area contributed by atoms with Crippen molar-refractivity contribution in [1.29, 1.82) is 0 Å². The third kappa shape index (κ3) is 2.99. The van der Waals surface area contributed by atoms with Crippen molar-refractivity contribution in [3.8, 4) is 11.4 Å². The quantitative estimate of drug-likeness (QED) is 0.517. The zero-order valence-corrected chi connectivity index (χ0v) is 16.0. The number of carbonyl (C=O) groups is 1. The maximum absolute atomic E-state index is 12.1. The topological polar surface area (TPSA) is 85.9 Å². The second kappa shape index (κ2) is 6.87. The summed E-state index contributed by atoms with van der Waals surface area (Å²) in [4.78, 5) is 15.4. The molecule has 1 aliphatic heterocycles. The van der Waals surface area contributed by atoms with E-state index in [0.717, 1.165) is 28.1 Å². The minimum Gasteiger partial charge on any atom is -0.467 e. The number of fused-ring (bicyclic) bond motifs is 1. The summed E-state index contributed by atoms with van der Waals surface area (Å²) in [6.45, 7) is 2.39. The lowest BCUT2D eigenvalue weighted by Crippen LogP contribution is -2.12. The number of rotatable bonds is 5. The first-order chi connectivity index (χ1) is 13.7. The highest BCUT2D eigenvalue weighted by Crippen LogP contribution is 2.35. The summed E-state index contributed by atoms with van der Waals surface area (Å²) in [6, 6.07) is 11.8. The van der Waals surface area contributed by atoms with E-state index in [4.69, 9.17) is 9.15 Å². The lowest BCUT2D eigenvalue weighted by Gasteiger charge is -2.10. The average Bonchev–Trinajstić information content (AvgIpc) is 3.45. The molecule has 3 aromatic heterocycles. The lowest BCUT2D eigenvalue weighted by molar-refractivity contribution is -0.140. The second-order valence-electron chi connectivity index (χ2n) is 6.81. The molecular weight excluding hydrogens is 376 g/mol. The van der Waals surface area contributed by atoms with Crippen molar-refractivity contribution >= 4 is 28.6 Å². The first-order valence-electron chi connectivity index (χ1n) is 9.08. The summed E-state index contributed by atoms with van der Waals surface area (Å²) in [5.41, 5.74) is 2.00. The van der Waals surface area contributed by atoms with Crippen LogP contribution in [0.3, 0.4) is 0 Å². The van der Waals surface area contributed by atoms with E-state index in [-0.39, 0.29) is 17.3 Å². The van der Waals surface area contributed by atoms with Crippen LogP contribution in [-0.2, 0) is 16.1 Å². The average molecular weight is 394 g/mol. The van der Waals surface area contributed by atoms with E-state index < -0.39 is 0 Å². The standard InChI is InChI=1S/C20H18N4O3S/c1-12-9-17(19(25)27-12)28-20-23-22-18(24(20)11-13-5-4-8-26-13)15-10-21-16-7-3-2-6-14(15)16/h2-8,10,12,17,21H,9,11H2,1H3/t12-,17-/m1/s1. The number of H-pyrrole nitrogens is 1. The van der Waals surface area contributed by atoms with E-state index in [1.807, 2.05) is 48.0 Å². The Kier molecular flexibility index (Phi) is 4.20. The molecule has 7 nitrogen and oxygen atoms in total. The molecule has 142 valence electrons. The Balaban J connectivity index is 1.57. The number of aromatic amines is 1. The molecule has 1 N–H and O–H groups in total. The van der Waals surface area contributed by atoms with Crippen LogP contribution in [0.1, 0.15) is 19.1 Å². The first-order valence-corrected chi connectivity index (χ1v) is 9.96. The van der Waals surface area contributed by atoms with E-state index >= 15 is 0 Å². The molecule has 0 bridgehead atoms.